The van der Waals surface area contributed by atoms with E-state index in [1.165, 1.54) is 4.90 Å². The van der Waals surface area contributed by atoms with E-state index in [1.54, 1.807) is 37.5 Å². The van der Waals surface area contributed by atoms with Crippen molar-refractivity contribution in [2.24, 2.45) is 11.7 Å². The molecule has 1 fully saturated rings. The summed E-state index contributed by atoms with van der Waals surface area (Å²) in [6.45, 7) is 1.72. The summed E-state index contributed by atoms with van der Waals surface area (Å²) in [5, 5.41) is 6.37. The number of amides is 3. The van der Waals surface area contributed by atoms with Crippen LogP contribution in [0.1, 0.15) is 49.8 Å². The molecule has 1 saturated carbocycles. The van der Waals surface area contributed by atoms with Crippen molar-refractivity contribution < 1.29 is 18.9 Å². The summed E-state index contributed by atoms with van der Waals surface area (Å²) in [7, 11) is 0. The van der Waals surface area contributed by atoms with E-state index >= 15 is 0 Å². The number of carbonyl (C=O) groups is 3. The molecule has 1 aromatic carbocycles. The van der Waals surface area contributed by atoms with Gasteiger partial charge in [0.2, 0.25) is 17.7 Å². The fourth-order valence-corrected chi connectivity index (χ4v) is 5.03. The molecule has 1 aliphatic rings. The molecular formula is C26H29N5O4. The molecule has 1 unspecified atom stereocenters. The van der Waals surface area contributed by atoms with Gasteiger partial charge in [-0.1, -0.05) is 48.3 Å². The van der Waals surface area contributed by atoms with Crippen LogP contribution in [0.2, 0.25) is 0 Å². The van der Waals surface area contributed by atoms with Crippen LogP contribution < -0.4 is 16.0 Å². The van der Waals surface area contributed by atoms with Crippen molar-refractivity contribution in [2.75, 3.05) is 10.2 Å². The highest BCUT2D eigenvalue weighted by atomic mass is 16.5. The van der Waals surface area contributed by atoms with Gasteiger partial charge in [-0.25, -0.2) is 0 Å². The van der Waals surface area contributed by atoms with Crippen LogP contribution in [0, 0.1) is 12.8 Å². The highest BCUT2D eigenvalue weighted by molar-refractivity contribution is 6.05. The van der Waals surface area contributed by atoms with Gasteiger partial charge in [-0.15, -0.1) is 0 Å². The van der Waals surface area contributed by atoms with Gasteiger partial charge in [-0.2, -0.15) is 0 Å². The lowest BCUT2D eigenvalue weighted by Gasteiger charge is -2.46. The van der Waals surface area contributed by atoms with E-state index in [0.29, 0.717) is 17.0 Å². The fraction of sp³-hybridized carbons (Fsp3) is 0.346. The largest absolute Gasteiger partial charge is 0.367 e. The molecular weight excluding hydrogens is 446 g/mol. The first kappa shape index (κ1) is 24.1. The van der Waals surface area contributed by atoms with Crippen LogP contribution >= 0.6 is 0 Å². The Morgan fingerprint density at radius 2 is 1.86 bits per heavy atom. The molecule has 9 heteroatoms. The molecule has 0 spiro atoms. The predicted octanol–water partition coefficient (Wildman–Crippen LogP) is 3.70. The maximum absolute atomic E-state index is 13.9. The van der Waals surface area contributed by atoms with E-state index in [9.17, 15) is 14.4 Å². The number of nitrogens with two attached hydrogens (primary N) is 1. The maximum atomic E-state index is 13.9. The number of benzene rings is 1. The topological polar surface area (TPSA) is 131 Å². The van der Waals surface area contributed by atoms with Crippen molar-refractivity contribution in [1.29, 1.82) is 0 Å². The summed E-state index contributed by atoms with van der Waals surface area (Å²) in [5.41, 5.74) is 5.87. The summed E-state index contributed by atoms with van der Waals surface area (Å²) < 4.78 is 4.97. The first-order valence-corrected chi connectivity index (χ1v) is 11.7. The second-order valence-electron chi connectivity index (χ2n) is 8.79. The molecule has 9 nitrogen and oxygen atoms in total. The number of primary amides is 1. The van der Waals surface area contributed by atoms with Crippen LogP contribution in [-0.4, -0.2) is 27.9 Å². The van der Waals surface area contributed by atoms with Gasteiger partial charge in [0, 0.05) is 25.1 Å². The van der Waals surface area contributed by atoms with Crippen LogP contribution in [-0.2, 0) is 19.9 Å². The van der Waals surface area contributed by atoms with Crippen LogP contribution in [0.5, 0.6) is 0 Å². The quantitative estimate of drug-likeness (QED) is 0.485. The molecule has 3 amide bonds. The molecule has 2 heterocycles. The monoisotopic (exact) mass is 475 g/mol. The van der Waals surface area contributed by atoms with Gasteiger partial charge < -0.3 is 15.6 Å². The average Bonchev–Trinajstić information content (AvgIpc) is 3.54. The molecule has 1 atom stereocenters. The zero-order valence-corrected chi connectivity index (χ0v) is 19.6. The third-order valence-corrected chi connectivity index (χ3v) is 6.50. The van der Waals surface area contributed by atoms with E-state index in [-0.39, 0.29) is 36.4 Å². The molecule has 1 aliphatic carbocycles. The maximum Gasteiger partial charge on any atom is 0.248 e. The Bertz CT molecular complexity index is 1170. The Balaban J connectivity index is 1.71. The lowest BCUT2D eigenvalue weighted by Crippen LogP contribution is -2.61. The first-order valence-electron chi connectivity index (χ1n) is 11.7. The van der Waals surface area contributed by atoms with E-state index in [0.717, 1.165) is 25.7 Å². The van der Waals surface area contributed by atoms with Crippen LogP contribution in [0.25, 0.3) is 0 Å². The third-order valence-electron chi connectivity index (χ3n) is 6.50. The van der Waals surface area contributed by atoms with E-state index in [4.69, 9.17) is 10.3 Å². The Hall–Kier alpha value is -4.01. The minimum absolute atomic E-state index is 0.101. The second kappa shape index (κ2) is 10.5. The zero-order valence-electron chi connectivity index (χ0n) is 19.6. The van der Waals surface area contributed by atoms with Gasteiger partial charge in [0.25, 0.3) is 0 Å². The molecule has 0 aliphatic heterocycles. The minimum Gasteiger partial charge on any atom is -0.367 e. The number of aromatic nitrogens is 2. The molecule has 0 saturated heterocycles. The molecule has 182 valence electrons. The lowest BCUT2D eigenvalue weighted by molar-refractivity contribution is -0.131. The average molecular weight is 476 g/mol. The summed E-state index contributed by atoms with van der Waals surface area (Å²) in [5.74, 6) is -0.702. The van der Waals surface area contributed by atoms with Gasteiger partial charge in [0.1, 0.15) is 5.76 Å². The van der Waals surface area contributed by atoms with Crippen molar-refractivity contribution in [3.8, 4) is 0 Å². The standard InChI is InChI=1S/C26H29N5O4/c1-18-16-22(30-35-18)29-23(32)13-14-24(33)31(21-12-7-15-28-17-21)26(25(27)34,20-10-5-6-11-20)19-8-3-2-4-9-19/h2-4,7-9,12,15-17,20H,5-6,10-11,13-14H2,1H3,(H2,27,34)(H,29,30,32). The summed E-state index contributed by atoms with van der Waals surface area (Å²) in [6.07, 6.45) is 6.32. The number of nitrogens with one attached hydrogen (secondary N) is 1. The molecule has 3 aromatic rings. The van der Waals surface area contributed by atoms with Crippen molar-refractivity contribution in [3.63, 3.8) is 0 Å². The van der Waals surface area contributed by atoms with Crippen molar-refractivity contribution in [3.05, 3.63) is 72.2 Å². The normalized spacial score (nSPS) is 15.3. The number of hydrogen-bond donors (Lipinski definition) is 2. The van der Waals surface area contributed by atoms with Gasteiger partial charge in [0.05, 0.1) is 11.9 Å². The number of hydrogen-bond acceptors (Lipinski definition) is 6. The fourth-order valence-electron chi connectivity index (χ4n) is 5.03. The van der Waals surface area contributed by atoms with E-state index < -0.39 is 11.4 Å². The van der Waals surface area contributed by atoms with Crippen molar-refractivity contribution in [1.82, 2.24) is 10.1 Å². The lowest BCUT2D eigenvalue weighted by atomic mass is 9.74. The molecule has 3 N–H and O–H groups in total. The number of rotatable bonds is 9. The van der Waals surface area contributed by atoms with E-state index in [2.05, 4.69) is 15.5 Å². The van der Waals surface area contributed by atoms with Gasteiger partial charge in [-0.3, -0.25) is 24.3 Å². The Morgan fingerprint density at radius 1 is 1.11 bits per heavy atom. The van der Waals surface area contributed by atoms with E-state index in [1.807, 2.05) is 30.3 Å². The van der Waals surface area contributed by atoms with Crippen molar-refractivity contribution >= 4 is 29.2 Å². The van der Waals surface area contributed by atoms with Gasteiger partial charge >= 0.3 is 0 Å². The number of nitrogens with zero attached hydrogens (tertiary/aromatic N) is 3. The first-order chi connectivity index (χ1) is 16.9. The highest BCUT2D eigenvalue weighted by Gasteiger charge is 2.53. The smallest absolute Gasteiger partial charge is 0.248 e. The number of anilines is 2. The molecule has 2 aromatic heterocycles. The SMILES string of the molecule is Cc1cc(NC(=O)CCC(=O)N(c2cccnc2)C(C(N)=O)(c2ccccc2)C2CCCC2)no1. The van der Waals surface area contributed by atoms with Crippen LogP contribution in [0.15, 0.2) is 65.4 Å². The molecule has 0 bridgehead atoms. The Kier molecular flexibility index (Phi) is 7.24. The summed E-state index contributed by atoms with van der Waals surface area (Å²) in [6, 6.07) is 14.2. The van der Waals surface area contributed by atoms with Crippen molar-refractivity contribution in [2.45, 2.75) is 51.0 Å². The summed E-state index contributed by atoms with van der Waals surface area (Å²) in [4.78, 5) is 45.5. The molecule has 0 radical (unpaired) electrons. The third kappa shape index (κ3) is 4.94. The van der Waals surface area contributed by atoms with Crippen LogP contribution in [0.4, 0.5) is 11.5 Å². The van der Waals surface area contributed by atoms with Gasteiger partial charge in [0.15, 0.2) is 11.4 Å². The van der Waals surface area contributed by atoms with Crippen LogP contribution in [0.3, 0.4) is 0 Å². The molecule has 4 rings (SSSR count). The predicted molar refractivity (Wildman–Crippen MR) is 130 cm³/mol. The number of pyridine rings is 1. The Labute approximate surface area is 203 Å². The number of aryl methyl sites for hydroxylation is 1. The zero-order chi connectivity index (χ0) is 24.8. The van der Waals surface area contributed by atoms with Gasteiger partial charge in [-0.05, 0) is 43.4 Å². The molecule has 35 heavy (non-hydrogen) atoms. The highest BCUT2D eigenvalue weighted by Crippen LogP contribution is 2.46. The second-order valence-corrected chi connectivity index (χ2v) is 8.79. The number of carbonyl (C=O) groups excluding carboxylic acids is 3. The Morgan fingerprint density at radius 3 is 2.46 bits per heavy atom. The minimum atomic E-state index is -1.41. The summed E-state index contributed by atoms with van der Waals surface area (Å²) >= 11 is 0.